The molecule has 142 valence electrons. The molecule has 0 saturated heterocycles. The molecule has 10 heteroatoms. The summed E-state index contributed by atoms with van der Waals surface area (Å²) in [6.45, 7) is -0.414. The highest BCUT2D eigenvalue weighted by molar-refractivity contribution is 6.67. The Morgan fingerprint density at radius 2 is 1.92 bits per heavy atom. The predicted octanol–water partition coefficient (Wildman–Crippen LogP) is 4.29. The van der Waals surface area contributed by atoms with Gasteiger partial charge in [-0.05, 0) is 18.4 Å². The molecule has 0 saturated carbocycles. The van der Waals surface area contributed by atoms with Gasteiger partial charge in [0.25, 0.3) is 0 Å². The molecule has 1 unspecified atom stereocenters. The molecule has 2 rings (SSSR count). The van der Waals surface area contributed by atoms with E-state index in [-0.39, 0.29) is 6.61 Å². The Morgan fingerprint density at radius 1 is 1.19 bits per heavy atom. The fourth-order valence-electron chi connectivity index (χ4n) is 2.10. The van der Waals surface area contributed by atoms with Crippen LogP contribution in [0.25, 0.3) is 0 Å². The first-order valence-electron chi connectivity index (χ1n) is 7.68. The van der Waals surface area contributed by atoms with Crippen molar-refractivity contribution in [1.82, 2.24) is 10.5 Å². The first-order chi connectivity index (χ1) is 12.3. The van der Waals surface area contributed by atoms with Gasteiger partial charge >= 0.3 is 12.2 Å². The first kappa shape index (κ1) is 20.6. The van der Waals surface area contributed by atoms with Gasteiger partial charge in [0.05, 0.1) is 6.04 Å². The molecule has 2 amide bonds. The van der Waals surface area contributed by atoms with Crippen molar-refractivity contribution in [2.75, 3.05) is 6.61 Å². The molecule has 0 fully saturated rings. The number of ether oxygens (including phenoxy) is 2. The number of nitrogens with one attached hydrogen (secondary N) is 1. The van der Waals surface area contributed by atoms with E-state index in [1.165, 1.54) is 0 Å². The summed E-state index contributed by atoms with van der Waals surface area (Å²) in [7, 11) is 0. The van der Waals surface area contributed by atoms with Crippen LogP contribution in [0, 0.1) is 0 Å². The van der Waals surface area contributed by atoms with Gasteiger partial charge in [0.1, 0.15) is 13.2 Å². The van der Waals surface area contributed by atoms with Crippen molar-refractivity contribution in [3.8, 4) is 0 Å². The molecular formula is C16H17Cl3N2O5. The maximum atomic E-state index is 12.1. The van der Waals surface area contributed by atoms with Crippen LogP contribution in [-0.2, 0) is 21.0 Å². The topological polar surface area (TPSA) is 77.1 Å². The lowest BCUT2D eigenvalue weighted by Crippen LogP contribution is -2.44. The molecule has 0 heterocycles. The summed E-state index contributed by atoms with van der Waals surface area (Å²) in [5.74, 6) is 0. The first-order valence-corrected chi connectivity index (χ1v) is 8.81. The average Bonchev–Trinajstić information content (AvgIpc) is 3.13. The standard InChI is InChI=1S/C16H17Cl3N2O5/c17-16(18,19)11-25-15(23)21(13-8-4-5-9-13)26-20-14(22)24-10-12-6-2-1-3-7-12/h1-4,6-8,13H,5,9-11H2,(H,20,22). The number of carbonyl (C=O) groups excluding carboxylic acids is 2. The van der Waals surface area contributed by atoms with E-state index in [0.717, 1.165) is 17.0 Å². The number of alkyl halides is 3. The lowest BCUT2D eigenvalue weighted by atomic mass is 10.2. The maximum Gasteiger partial charge on any atom is 0.436 e. The summed E-state index contributed by atoms with van der Waals surface area (Å²) in [6.07, 6.45) is 3.20. The van der Waals surface area contributed by atoms with Crippen LogP contribution >= 0.6 is 34.8 Å². The van der Waals surface area contributed by atoms with Crippen molar-refractivity contribution in [3.05, 3.63) is 48.0 Å². The molecule has 0 aromatic heterocycles. The van der Waals surface area contributed by atoms with E-state index in [2.05, 4.69) is 0 Å². The van der Waals surface area contributed by atoms with Gasteiger partial charge in [0.2, 0.25) is 3.79 Å². The number of amides is 2. The molecule has 26 heavy (non-hydrogen) atoms. The number of hydrogen-bond donors (Lipinski definition) is 1. The zero-order valence-electron chi connectivity index (χ0n) is 13.6. The highest BCUT2D eigenvalue weighted by Gasteiger charge is 2.30. The molecule has 1 aliphatic carbocycles. The Balaban J connectivity index is 1.84. The van der Waals surface area contributed by atoms with Gasteiger partial charge in [-0.15, -0.1) is 4.94 Å². The molecule has 1 atom stereocenters. The normalized spacial score (nSPS) is 16.2. The van der Waals surface area contributed by atoms with E-state index in [1.807, 2.05) is 29.8 Å². The van der Waals surface area contributed by atoms with Crippen LogP contribution in [-0.4, -0.2) is 33.7 Å². The second-order valence-electron chi connectivity index (χ2n) is 5.32. The van der Waals surface area contributed by atoms with Crippen molar-refractivity contribution in [3.63, 3.8) is 0 Å². The third-order valence-corrected chi connectivity index (χ3v) is 3.60. The fourth-order valence-corrected chi connectivity index (χ4v) is 2.26. The summed E-state index contributed by atoms with van der Waals surface area (Å²) in [6, 6.07) is 8.68. The Labute approximate surface area is 165 Å². The smallest absolute Gasteiger partial charge is 0.436 e. The number of halogens is 3. The zero-order valence-corrected chi connectivity index (χ0v) is 15.8. The van der Waals surface area contributed by atoms with Gasteiger partial charge in [-0.1, -0.05) is 77.3 Å². The summed E-state index contributed by atoms with van der Waals surface area (Å²) in [5, 5.41) is 0.851. The van der Waals surface area contributed by atoms with Gasteiger partial charge in [-0.25, -0.2) is 9.59 Å². The minimum absolute atomic E-state index is 0.0527. The molecular weight excluding hydrogens is 407 g/mol. The van der Waals surface area contributed by atoms with Crippen LogP contribution in [0.4, 0.5) is 9.59 Å². The van der Waals surface area contributed by atoms with Gasteiger partial charge in [-0.3, -0.25) is 0 Å². The van der Waals surface area contributed by atoms with Crippen LogP contribution in [0.1, 0.15) is 18.4 Å². The lowest BCUT2D eigenvalue weighted by molar-refractivity contribution is -0.191. The van der Waals surface area contributed by atoms with Crippen molar-refractivity contribution in [2.45, 2.75) is 29.3 Å². The van der Waals surface area contributed by atoms with Gasteiger partial charge in [-0.2, -0.15) is 10.5 Å². The van der Waals surface area contributed by atoms with Crippen molar-refractivity contribution in [2.24, 2.45) is 0 Å². The highest BCUT2D eigenvalue weighted by atomic mass is 35.6. The lowest BCUT2D eigenvalue weighted by Gasteiger charge is -2.25. The summed E-state index contributed by atoms with van der Waals surface area (Å²) >= 11 is 16.7. The van der Waals surface area contributed by atoms with E-state index in [4.69, 9.17) is 49.2 Å². The van der Waals surface area contributed by atoms with Crippen LogP contribution < -0.4 is 5.48 Å². The molecule has 0 aliphatic heterocycles. The molecule has 1 aliphatic rings. The van der Waals surface area contributed by atoms with Gasteiger partial charge in [0.15, 0.2) is 0 Å². The molecule has 1 N–H and O–H groups in total. The number of allylic oxidation sites excluding steroid dienone is 1. The number of hydrogen-bond acceptors (Lipinski definition) is 5. The Morgan fingerprint density at radius 3 is 2.54 bits per heavy atom. The second-order valence-corrected chi connectivity index (χ2v) is 7.84. The number of nitrogens with zero attached hydrogens (tertiary/aromatic N) is 1. The molecule has 0 radical (unpaired) electrons. The van der Waals surface area contributed by atoms with E-state index >= 15 is 0 Å². The van der Waals surface area contributed by atoms with Crippen LogP contribution in [0.15, 0.2) is 42.5 Å². The van der Waals surface area contributed by atoms with Gasteiger partial charge in [0, 0.05) is 0 Å². The average molecular weight is 424 g/mol. The number of rotatable bonds is 6. The van der Waals surface area contributed by atoms with E-state index in [9.17, 15) is 9.59 Å². The van der Waals surface area contributed by atoms with Crippen molar-refractivity contribution >= 4 is 47.0 Å². The van der Waals surface area contributed by atoms with Crippen LogP contribution in [0.3, 0.4) is 0 Å². The number of carbonyl (C=O) groups is 2. The second kappa shape index (κ2) is 9.87. The molecule has 0 bridgehead atoms. The molecule has 1 aromatic rings. The Hall–Kier alpha value is -1.67. The van der Waals surface area contributed by atoms with Gasteiger partial charge < -0.3 is 9.47 Å². The molecule has 7 nitrogen and oxygen atoms in total. The predicted molar refractivity (Wildman–Crippen MR) is 96.5 cm³/mol. The van der Waals surface area contributed by atoms with Crippen LogP contribution in [0.2, 0.25) is 0 Å². The number of hydroxylamine groups is 3. The van der Waals surface area contributed by atoms with E-state index in [0.29, 0.717) is 6.42 Å². The summed E-state index contributed by atoms with van der Waals surface area (Å²) < 4.78 is 8.13. The van der Waals surface area contributed by atoms with E-state index in [1.54, 1.807) is 18.2 Å². The summed E-state index contributed by atoms with van der Waals surface area (Å²) in [4.78, 5) is 29.0. The quantitative estimate of drug-likeness (QED) is 0.420. The Kier molecular flexibility index (Phi) is 7.84. The highest BCUT2D eigenvalue weighted by Crippen LogP contribution is 2.26. The zero-order chi connectivity index (χ0) is 19.0. The monoisotopic (exact) mass is 422 g/mol. The molecule has 0 spiro atoms. The number of benzene rings is 1. The molecule has 1 aromatic carbocycles. The van der Waals surface area contributed by atoms with Crippen molar-refractivity contribution < 1.29 is 24.0 Å². The SMILES string of the molecule is O=C(NON(C(=O)OCC(Cl)(Cl)Cl)C1C=CCC1)OCc1ccccc1. The largest absolute Gasteiger partial charge is 0.443 e. The van der Waals surface area contributed by atoms with Crippen LogP contribution in [0.5, 0.6) is 0 Å². The maximum absolute atomic E-state index is 12.1. The Bertz CT molecular complexity index is 637. The third-order valence-electron chi connectivity index (χ3n) is 3.27. The fraction of sp³-hybridized carbons (Fsp3) is 0.375. The minimum Gasteiger partial charge on any atom is -0.443 e. The minimum atomic E-state index is -1.76. The van der Waals surface area contributed by atoms with Crippen molar-refractivity contribution in [1.29, 1.82) is 0 Å². The third kappa shape index (κ3) is 7.29. The van der Waals surface area contributed by atoms with E-state index < -0.39 is 28.6 Å². The summed E-state index contributed by atoms with van der Waals surface area (Å²) in [5.41, 5.74) is 2.84.